The van der Waals surface area contributed by atoms with E-state index in [9.17, 15) is 37.8 Å². The highest BCUT2D eigenvalue weighted by Crippen LogP contribution is 2.37. The third-order valence-electron chi connectivity index (χ3n) is 9.92. The Balaban J connectivity index is 0.000000343. The summed E-state index contributed by atoms with van der Waals surface area (Å²) in [5.41, 5.74) is 2.58. The Morgan fingerprint density at radius 2 is 1.69 bits per heavy atom. The van der Waals surface area contributed by atoms with Crippen LogP contribution in [-0.2, 0) is 74.8 Å². The molecule has 0 aliphatic carbocycles. The van der Waals surface area contributed by atoms with E-state index < -0.39 is 48.7 Å². The number of aryl methyl sites for hydroxylation is 2. The van der Waals surface area contributed by atoms with Crippen molar-refractivity contribution in [3.05, 3.63) is 90.9 Å². The number of carbonyl (C=O) groups is 4. The van der Waals surface area contributed by atoms with Crippen LogP contribution < -0.4 is 24.8 Å². The number of hydrogen-bond donors (Lipinski definition) is 3. The highest BCUT2D eigenvalue weighted by molar-refractivity contribution is 8.00. The Hall–Kier alpha value is -3.42. The first-order valence-corrected chi connectivity index (χ1v) is 30.3. The molecule has 2 unspecified atom stereocenters. The number of para-hydroxylation sites is 1. The molecule has 414 valence electrons. The Morgan fingerprint density at radius 3 is 2.19 bits per heavy atom. The summed E-state index contributed by atoms with van der Waals surface area (Å²) in [6, 6.07) is 12.3. The second kappa shape index (κ2) is 33.0. The molecule has 2 atom stereocenters. The Kier molecular flexibility index (Phi) is 29.7. The lowest BCUT2D eigenvalue weighted by molar-refractivity contribution is -0.193. The van der Waals surface area contributed by atoms with Crippen molar-refractivity contribution < 1.29 is 61.7 Å². The number of furan rings is 1. The number of benzene rings is 2. The van der Waals surface area contributed by atoms with E-state index in [-0.39, 0.29) is 51.9 Å². The molecule has 3 N–H and O–H groups in total. The molecule has 0 bridgehead atoms. The quantitative estimate of drug-likeness (QED) is 0.0252. The fourth-order valence-corrected chi connectivity index (χ4v) is 9.45. The number of hydrogen-bond acceptors (Lipinski definition) is 15. The number of alkyl halides is 3. The molecule has 0 radical (unpaired) electrons. The van der Waals surface area contributed by atoms with Crippen LogP contribution in [0.4, 0.5) is 15.8 Å². The lowest BCUT2D eigenvalue weighted by Crippen LogP contribution is -2.45. The number of anilines is 1. The standard InChI is InChI=1S/C15H15ClFN3O3S2.C14H20ClNO2.C11H13Cl2NO3.C3H8NO5P.C3H9S/c1-23-13(21)8-24-12-7-11(10(17)6-9(12)16)18-14-19-4-2-3-5-20(19)15(22)25-14;1-4-11-7-6-8-12(5-2)14(11)16(10-18-3)13(17)9-15;1-11(2)14(10(15)9(12)13)6-8(17-11)7-4-3-5-16-7;5-3(6)1-4-2-10(7,8)9;1-4(2)3/h6-7H,2-5,8H2,1H3;6-8H,4-5,9-10H2,1-3H3;3-5,8-9H,6H2,1-2H3;4H,1-2H2,(H,5,6)(H2,7,8,9);1-3H3/q;;;;+1/p-1. The van der Waals surface area contributed by atoms with Crippen molar-refractivity contribution in [2.45, 2.75) is 88.0 Å². The lowest BCUT2D eigenvalue weighted by atomic mass is 10.0. The summed E-state index contributed by atoms with van der Waals surface area (Å²) in [7, 11) is -0.833. The summed E-state index contributed by atoms with van der Waals surface area (Å²) in [5.74, 6) is -1.93. The van der Waals surface area contributed by atoms with Crippen LogP contribution in [0, 0.1) is 5.82 Å². The van der Waals surface area contributed by atoms with Crippen LogP contribution in [0.3, 0.4) is 0 Å². The van der Waals surface area contributed by atoms with Gasteiger partial charge in [0.15, 0.2) is 4.84 Å². The second-order valence-electron chi connectivity index (χ2n) is 16.5. The van der Waals surface area contributed by atoms with E-state index in [1.807, 2.05) is 29.6 Å². The molecule has 2 aromatic heterocycles. The number of halogens is 5. The van der Waals surface area contributed by atoms with E-state index in [0.717, 1.165) is 71.7 Å². The SMILES string of the molecule is CC1(C)OC(c2ccco2)CN1C(=O)C(Cl)Cl.CCc1cccc(CC)c1N(COC)C(=O)CCl.COC(=O)CSc1cc(N=c2sc(=O)n3n2CCCC3)c(F)cc1Cl.C[S+](C)C.O=C(O)CNCP(=O)([O-])O. The maximum Gasteiger partial charge on any atom is 0.325 e. The number of nitrogens with zero attached hydrogens (tertiary/aromatic N) is 5. The normalized spacial score (nSPS) is 15.5. The van der Waals surface area contributed by atoms with Crippen molar-refractivity contribution in [3.63, 3.8) is 0 Å². The highest BCUT2D eigenvalue weighted by Gasteiger charge is 2.45. The molecule has 2 aliphatic heterocycles. The summed E-state index contributed by atoms with van der Waals surface area (Å²) < 4.78 is 48.4. The van der Waals surface area contributed by atoms with Crippen LogP contribution in [0.1, 0.15) is 63.5 Å². The summed E-state index contributed by atoms with van der Waals surface area (Å²) in [6.45, 7) is 9.21. The highest BCUT2D eigenvalue weighted by atomic mass is 35.5. The van der Waals surface area contributed by atoms with Crippen LogP contribution in [0.25, 0.3) is 0 Å². The first-order chi connectivity index (χ1) is 34.7. The minimum atomic E-state index is -4.35. The largest absolute Gasteiger partial charge is 0.778 e. The number of aliphatic carboxylic acids is 1. The topological polar surface area (TPSA) is 248 Å². The molecule has 2 aromatic carbocycles. The van der Waals surface area contributed by atoms with Gasteiger partial charge < -0.3 is 43.0 Å². The number of methoxy groups -OCH3 is 2. The number of amides is 2. The monoisotopic (exact) mass is 1190 g/mol. The molecule has 2 amide bonds. The maximum atomic E-state index is 14.3. The third-order valence-corrected chi connectivity index (χ3v) is 13.5. The first-order valence-electron chi connectivity index (χ1n) is 22.5. The number of thioether (sulfide) groups is 1. The molecule has 19 nitrogen and oxygen atoms in total. The number of nitrogens with one attached hydrogen (secondary N) is 1. The number of fused-ring (bicyclic) bond motifs is 1. The van der Waals surface area contributed by atoms with E-state index in [0.29, 0.717) is 46.0 Å². The number of carboxylic acids is 1. The van der Waals surface area contributed by atoms with Crippen LogP contribution >= 0.6 is 77.1 Å². The van der Waals surface area contributed by atoms with Gasteiger partial charge >= 0.3 is 16.8 Å². The zero-order valence-corrected chi connectivity index (χ0v) is 48.8. The molecular weight excluding hydrogens is 1130 g/mol. The van der Waals surface area contributed by atoms with E-state index in [1.165, 1.54) is 18.1 Å². The van der Waals surface area contributed by atoms with Crippen molar-refractivity contribution in [1.82, 2.24) is 19.6 Å². The second-order valence-corrected chi connectivity index (χ2v) is 24.2. The maximum absolute atomic E-state index is 14.3. The predicted octanol–water partition coefficient (Wildman–Crippen LogP) is 7.16. The molecular formula is C46H64Cl4FN6O13PS3. The van der Waals surface area contributed by atoms with Gasteiger partial charge in [0.1, 0.15) is 49.3 Å². The number of esters is 1. The van der Waals surface area contributed by atoms with Gasteiger partial charge in [-0.1, -0.05) is 66.8 Å². The molecule has 2 aliphatic rings. The molecule has 4 heterocycles. The molecule has 4 aromatic rings. The van der Waals surface area contributed by atoms with Gasteiger partial charge in [0.25, 0.3) is 5.91 Å². The van der Waals surface area contributed by atoms with Gasteiger partial charge in [0, 0.05) is 25.1 Å². The fourth-order valence-electron chi connectivity index (χ4n) is 6.69. The number of carboxylic acid groups (broad SMARTS) is 1. The van der Waals surface area contributed by atoms with E-state index in [1.54, 1.807) is 47.6 Å². The molecule has 0 spiro atoms. The molecule has 28 heteroatoms. The number of aromatic nitrogens is 2. The van der Waals surface area contributed by atoms with E-state index in [4.69, 9.17) is 70.3 Å². The summed E-state index contributed by atoms with van der Waals surface area (Å²) in [5, 5.41) is 10.2. The van der Waals surface area contributed by atoms with E-state index in [2.05, 4.69) is 42.3 Å². The van der Waals surface area contributed by atoms with E-state index >= 15 is 0 Å². The molecule has 1 fully saturated rings. The number of rotatable bonds is 16. The zero-order chi connectivity index (χ0) is 55.9. The fraction of sp³-hybridized carbons (Fsp3) is 0.522. The average molecular weight is 1200 g/mol. The molecule has 1 saturated heterocycles. The van der Waals surface area contributed by atoms with Gasteiger partial charge in [-0.05, 0) is 97.2 Å². The number of carbonyl (C=O) groups excluding carboxylic acids is 3. The van der Waals surface area contributed by atoms with Crippen LogP contribution in [0.2, 0.25) is 5.02 Å². The predicted molar refractivity (Wildman–Crippen MR) is 290 cm³/mol. The van der Waals surface area contributed by atoms with Crippen molar-refractivity contribution in [2.24, 2.45) is 4.99 Å². The van der Waals surface area contributed by atoms with Crippen LogP contribution in [0.15, 0.2) is 67.8 Å². The Labute approximate surface area is 461 Å². The molecule has 6 rings (SSSR count). The van der Waals surface area contributed by atoms with Crippen LogP contribution in [-0.4, -0.2) is 129 Å². The van der Waals surface area contributed by atoms with Crippen molar-refractivity contribution in [1.29, 1.82) is 0 Å². The molecule has 0 saturated carbocycles. The van der Waals surface area contributed by atoms with Gasteiger partial charge in [-0.15, -0.1) is 23.4 Å². The summed E-state index contributed by atoms with van der Waals surface area (Å²) in [4.78, 5) is 82.1. The van der Waals surface area contributed by atoms with Crippen molar-refractivity contribution >= 4 is 123 Å². The summed E-state index contributed by atoms with van der Waals surface area (Å²) in [6.07, 6.45) is 10.8. The Morgan fingerprint density at radius 1 is 1.08 bits per heavy atom. The molecule has 74 heavy (non-hydrogen) atoms. The first kappa shape index (κ1) is 66.7. The van der Waals surface area contributed by atoms with Gasteiger partial charge in [-0.2, -0.15) is 0 Å². The zero-order valence-electron chi connectivity index (χ0n) is 42.4. The van der Waals surface area contributed by atoms with Gasteiger partial charge in [-0.25, -0.2) is 14.1 Å². The van der Waals surface area contributed by atoms with Crippen molar-refractivity contribution in [2.75, 3.05) is 75.6 Å². The minimum absolute atomic E-state index is 0.0371. The van der Waals surface area contributed by atoms with Gasteiger partial charge in [-0.3, -0.25) is 38.9 Å². The lowest BCUT2D eigenvalue weighted by Gasteiger charge is -2.29. The van der Waals surface area contributed by atoms with Gasteiger partial charge in [0.05, 0.1) is 68.0 Å². The minimum Gasteiger partial charge on any atom is -0.778 e. The smallest absolute Gasteiger partial charge is 0.325 e. The number of ether oxygens (including phenoxy) is 3. The Bertz CT molecular complexity index is 2590. The third kappa shape index (κ3) is 22.3. The van der Waals surface area contributed by atoms with Gasteiger partial charge in [0.2, 0.25) is 10.7 Å². The van der Waals surface area contributed by atoms with Crippen molar-refractivity contribution in [3.8, 4) is 0 Å². The summed E-state index contributed by atoms with van der Waals surface area (Å²) >= 11 is 25.1. The average Bonchev–Trinajstić information content (AvgIpc) is 4.08. The van der Waals surface area contributed by atoms with Crippen LogP contribution in [0.5, 0.6) is 0 Å².